The van der Waals surface area contributed by atoms with Gasteiger partial charge in [-0.25, -0.2) is 8.42 Å². The first-order chi connectivity index (χ1) is 13.4. The van der Waals surface area contributed by atoms with Gasteiger partial charge in [0.2, 0.25) is 5.91 Å². The van der Waals surface area contributed by atoms with Crippen molar-refractivity contribution in [3.63, 3.8) is 0 Å². The smallest absolute Gasteiger partial charge is 0.341 e. The van der Waals surface area contributed by atoms with Crippen molar-refractivity contribution in [1.29, 1.82) is 0 Å². The average molecular weight is 433 g/mol. The second kappa shape index (κ2) is 7.91. The number of nitrogens with zero attached hydrogens (tertiary/aromatic N) is 1. The summed E-state index contributed by atoms with van der Waals surface area (Å²) < 4.78 is 64.2. The van der Waals surface area contributed by atoms with Crippen LogP contribution in [0.3, 0.4) is 0 Å². The summed E-state index contributed by atoms with van der Waals surface area (Å²) in [4.78, 5) is 14.0. The van der Waals surface area contributed by atoms with E-state index in [1.54, 1.807) is 18.7 Å². The Hall–Kier alpha value is -1.61. The molecule has 2 aliphatic heterocycles. The number of piperidine rings is 1. The number of rotatable bonds is 4. The Bertz CT molecular complexity index is 854. The zero-order chi connectivity index (χ0) is 21.4. The molecule has 1 N–H and O–H groups in total. The monoisotopic (exact) mass is 432 g/mol. The zero-order valence-electron chi connectivity index (χ0n) is 16.6. The summed E-state index contributed by atoms with van der Waals surface area (Å²) in [5.74, 6) is -0.192. The highest BCUT2D eigenvalue weighted by Gasteiger charge is 2.45. The molecule has 3 rings (SSSR count). The van der Waals surface area contributed by atoms with Crippen LogP contribution in [0.5, 0.6) is 0 Å². The van der Waals surface area contributed by atoms with Gasteiger partial charge in [0.05, 0.1) is 21.2 Å². The third-order valence-electron chi connectivity index (χ3n) is 6.31. The minimum atomic E-state index is -4.60. The van der Waals surface area contributed by atoms with Crippen molar-refractivity contribution in [3.8, 4) is 0 Å². The predicted molar refractivity (Wildman–Crippen MR) is 103 cm³/mol. The lowest BCUT2D eigenvalue weighted by Gasteiger charge is -2.40. The highest BCUT2D eigenvalue weighted by Crippen LogP contribution is 2.39. The van der Waals surface area contributed by atoms with Gasteiger partial charge < -0.3 is 10.2 Å². The van der Waals surface area contributed by atoms with E-state index in [1.807, 2.05) is 0 Å². The Kier molecular flexibility index (Phi) is 6.02. The summed E-state index contributed by atoms with van der Waals surface area (Å²) in [5, 5.41) is 3.18. The third kappa shape index (κ3) is 4.30. The van der Waals surface area contributed by atoms with Crippen molar-refractivity contribution in [2.75, 3.05) is 19.6 Å². The van der Waals surface area contributed by atoms with E-state index in [9.17, 15) is 26.4 Å². The SMILES string of the molecule is CC(C)(C1CCN(C(=O)C2CCCN2)CC1)S(=O)(=O)c1cccc(C(F)(F)F)c1. The van der Waals surface area contributed by atoms with Gasteiger partial charge in [-0.3, -0.25) is 4.79 Å². The summed E-state index contributed by atoms with van der Waals surface area (Å²) in [5.41, 5.74) is -0.973. The molecule has 0 aliphatic carbocycles. The van der Waals surface area contributed by atoms with Crippen LogP contribution >= 0.6 is 0 Å². The highest BCUT2D eigenvalue weighted by atomic mass is 32.2. The molecule has 0 spiro atoms. The largest absolute Gasteiger partial charge is 0.416 e. The van der Waals surface area contributed by atoms with Gasteiger partial charge in [-0.2, -0.15) is 13.2 Å². The number of hydrogen-bond donors (Lipinski definition) is 1. The summed E-state index contributed by atoms with van der Waals surface area (Å²) in [6, 6.07) is 3.76. The Morgan fingerprint density at radius 2 is 1.79 bits per heavy atom. The van der Waals surface area contributed by atoms with Gasteiger partial charge in [0.25, 0.3) is 0 Å². The van der Waals surface area contributed by atoms with Crippen molar-refractivity contribution in [1.82, 2.24) is 10.2 Å². The van der Waals surface area contributed by atoms with Crippen molar-refractivity contribution in [2.24, 2.45) is 5.92 Å². The van der Waals surface area contributed by atoms with E-state index in [-0.39, 0.29) is 22.8 Å². The number of hydrogen-bond acceptors (Lipinski definition) is 4. The lowest BCUT2D eigenvalue weighted by molar-refractivity contribution is -0.137. The molecule has 2 aliphatic rings. The number of halogens is 3. The molecular weight excluding hydrogens is 405 g/mol. The predicted octanol–water partition coefficient (Wildman–Crippen LogP) is 3.25. The number of sulfone groups is 1. The van der Waals surface area contributed by atoms with Crippen LogP contribution in [0.25, 0.3) is 0 Å². The van der Waals surface area contributed by atoms with Crippen LogP contribution in [0.2, 0.25) is 0 Å². The van der Waals surface area contributed by atoms with Gasteiger partial charge in [-0.05, 0) is 70.2 Å². The number of benzene rings is 1. The first kappa shape index (κ1) is 22.1. The van der Waals surface area contributed by atoms with Gasteiger partial charge >= 0.3 is 6.18 Å². The van der Waals surface area contributed by atoms with E-state index in [2.05, 4.69) is 5.32 Å². The second-order valence-electron chi connectivity index (χ2n) is 8.38. The van der Waals surface area contributed by atoms with E-state index >= 15 is 0 Å². The molecule has 0 aromatic heterocycles. The molecule has 5 nitrogen and oxygen atoms in total. The van der Waals surface area contributed by atoms with Crippen LogP contribution in [0.15, 0.2) is 29.2 Å². The quantitative estimate of drug-likeness (QED) is 0.793. The van der Waals surface area contributed by atoms with Crippen LogP contribution < -0.4 is 5.32 Å². The molecule has 9 heteroatoms. The average Bonchev–Trinajstić information content (AvgIpc) is 3.21. The minimum absolute atomic E-state index is 0.0551. The fraction of sp³-hybridized carbons (Fsp3) is 0.650. The molecule has 0 bridgehead atoms. The molecule has 1 atom stereocenters. The first-order valence-electron chi connectivity index (χ1n) is 9.88. The number of likely N-dealkylation sites (tertiary alicyclic amines) is 1. The van der Waals surface area contributed by atoms with Crippen LogP contribution in [-0.2, 0) is 20.8 Å². The van der Waals surface area contributed by atoms with Crippen LogP contribution in [0.1, 0.15) is 45.1 Å². The standard InChI is InChI=1S/C20H27F3N2O3S/c1-19(2,29(27,28)16-6-3-5-15(13-16)20(21,22)23)14-8-11-25(12-9-14)18(26)17-7-4-10-24-17/h3,5-6,13-14,17,24H,4,7-12H2,1-2H3. The third-order valence-corrected chi connectivity index (χ3v) is 8.91. The van der Waals surface area contributed by atoms with Crippen LogP contribution in [0.4, 0.5) is 13.2 Å². The van der Waals surface area contributed by atoms with Crippen molar-refractivity contribution in [3.05, 3.63) is 29.8 Å². The molecule has 1 aromatic rings. The van der Waals surface area contributed by atoms with Gasteiger partial charge in [-0.15, -0.1) is 0 Å². The molecule has 2 saturated heterocycles. The van der Waals surface area contributed by atoms with E-state index in [0.29, 0.717) is 32.0 Å². The molecular formula is C20H27F3N2O3S. The van der Waals surface area contributed by atoms with Gasteiger partial charge in [0.1, 0.15) is 0 Å². The summed E-state index contributed by atoms with van der Waals surface area (Å²) in [6.45, 7) is 4.90. The van der Waals surface area contributed by atoms with Crippen LogP contribution in [0, 0.1) is 5.92 Å². The molecule has 0 saturated carbocycles. The fourth-order valence-corrected chi connectivity index (χ4v) is 6.10. The van der Waals surface area contributed by atoms with Gasteiger partial charge in [0, 0.05) is 13.1 Å². The molecule has 1 amide bonds. The van der Waals surface area contributed by atoms with Crippen LogP contribution in [-0.4, -0.2) is 49.6 Å². The molecule has 2 heterocycles. The maximum atomic E-state index is 13.2. The highest BCUT2D eigenvalue weighted by molar-refractivity contribution is 7.92. The fourth-order valence-electron chi connectivity index (χ4n) is 4.27. The van der Waals surface area contributed by atoms with E-state index < -0.39 is 26.3 Å². The molecule has 1 unspecified atom stereocenters. The molecule has 1 aromatic carbocycles. The van der Waals surface area contributed by atoms with Crippen molar-refractivity contribution >= 4 is 15.7 Å². The maximum absolute atomic E-state index is 13.2. The van der Waals surface area contributed by atoms with Crippen molar-refractivity contribution in [2.45, 2.75) is 61.4 Å². The number of carbonyl (C=O) groups is 1. The Morgan fingerprint density at radius 1 is 1.14 bits per heavy atom. The first-order valence-corrected chi connectivity index (χ1v) is 11.4. The number of nitrogens with one attached hydrogen (secondary N) is 1. The molecule has 0 radical (unpaired) electrons. The van der Waals surface area contributed by atoms with E-state index in [1.165, 1.54) is 6.07 Å². The van der Waals surface area contributed by atoms with E-state index in [0.717, 1.165) is 31.5 Å². The van der Waals surface area contributed by atoms with Gasteiger partial charge in [-0.1, -0.05) is 6.07 Å². The summed E-state index contributed by atoms with van der Waals surface area (Å²) >= 11 is 0. The number of carbonyl (C=O) groups excluding carboxylic acids is 1. The Balaban J connectivity index is 1.74. The van der Waals surface area contributed by atoms with Crippen molar-refractivity contribution < 1.29 is 26.4 Å². The van der Waals surface area contributed by atoms with E-state index in [4.69, 9.17) is 0 Å². The second-order valence-corrected chi connectivity index (χ2v) is 10.9. The van der Waals surface area contributed by atoms with Gasteiger partial charge in [0.15, 0.2) is 9.84 Å². The molecule has 162 valence electrons. The normalized spacial score (nSPS) is 22.1. The molecule has 29 heavy (non-hydrogen) atoms. The number of amides is 1. The Labute approximate surface area is 169 Å². The number of alkyl halides is 3. The topological polar surface area (TPSA) is 66.5 Å². The minimum Gasteiger partial charge on any atom is -0.341 e. The zero-order valence-corrected chi connectivity index (χ0v) is 17.4. The summed E-state index contributed by atoms with van der Waals surface area (Å²) in [6.07, 6.45) is -1.81. The lowest BCUT2D eigenvalue weighted by atomic mass is 9.85. The Morgan fingerprint density at radius 3 is 2.34 bits per heavy atom. The maximum Gasteiger partial charge on any atom is 0.416 e. The molecule has 2 fully saturated rings. The lowest BCUT2D eigenvalue weighted by Crippen LogP contribution is -2.51. The summed E-state index contributed by atoms with van der Waals surface area (Å²) in [7, 11) is -3.99.